The van der Waals surface area contributed by atoms with Gasteiger partial charge in [-0.15, -0.1) is 0 Å². The molecule has 0 amide bonds. The predicted molar refractivity (Wildman–Crippen MR) is 103 cm³/mol. The van der Waals surface area contributed by atoms with Crippen molar-refractivity contribution in [2.45, 2.75) is 72.3 Å². The molecule has 0 saturated carbocycles. The molecular formula is C21H32O7. The Bertz CT molecular complexity index is 674. The van der Waals surface area contributed by atoms with Crippen LogP contribution in [0.5, 0.6) is 0 Å². The summed E-state index contributed by atoms with van der Waals surface area (Å²) in [4.78, 5) is 49.1. The molecule has 28 heavy (non-hydrogen) atoms. The van der Waals surface area contributed by atoms with Crippen molar-refractivity contribution in [3.05, 3.63) is 11.3 Å². The molecular weight excluding hydrogens is 364 g/mol. The minimum Gasteiger partial charge on any atom is -0.508 e. The van der Waals surface area contributed by atoms with Crippen molar-refractivity contribution in [3.8, 4) is 0 Å². The Morgan fingerprint density at radius 2 is 1.61 bits per heavy atom. The van der Waals surface area contributed by atoms with Crippen LogP contribution in [0, 0.1) is 23.7 Å². The number of hydrogen-bond acceptors (Lipinski definition) is 6. The first-order valence-corrected chi connectivity index (χ1v) is 9.83. The van der Waals surface area contributed by atoms with Crippen LogP contribution in [0.25, 0.3) is 0 Å². The standard InChI is InChI=1S/C21H32O7/c1-11(2)6-8-14-18(24)17(15(22)10-12(3)4)19(25)21(14,28)16(23)9-7-13(5)20(26)27/h11-14,25,28H,6-10H2,1-5H3,(H,26,27)/t13?,14-,21+/m0/s1. The number of carboxylic acid groups (broad SMARTS) is 1. The fourth-order valence-electron chi connectivity index (χ4n) is 3.41. The highest BCUT2D eigenvalue weighted by Crippen LogP contribution is 2.42. The summed E-state index contributed by atoms with van der Waals surface area (Å²) in [6.07, 6.45) is 0.337. The maximum atomic E-state index is 12.9. The lowest BCUT2D eigenvalue weighted by Gasteiger charge is -2.28. The van der Waals surface area contributed by atoms with E-state index in [1.807, 2.05) is 13.8 Å². The third-order valence-corrected chi connectivity index (χ3v) is 5.22. The number of aliphatic hydroxyl groups excluding tert-OH is 1. The Balaban J connectivity index is 3.25. The van der Waals surface area contributed by atoms with Crippen LogP contribution in [0.3, 0.4) is 0 Å². The summed E-state index contributed by atoms with van der Waals surface area (Å²) in [6, 6.07) is 0. The number of aliphatic hydroxyl groups is 2. The summed E-state index contributed by atoms with van der Waals surface area (Å²) in [5, 5.41) is 30.7. The molecule has 7 heteroatoms. The first-order chi connectivity index (χ1) is 12.8. The van der Waals surface area contributed by atoms with Gasteiger partial charge in [0.05, 0.1) is 11.8 Å². The first-order valence-electron chi connectivity index (χ1n) is 9.83. The fraction of sp³-hybridized carbons (Fsp3) is 0.714. The molecule has 0 aromatic heterocycles. The van der Waals surface area contributed by atoms with Crippen LogP contribution in [0.4, 0.5) is 0 Å². The van der Waals surface area contributed by atoms with Gasteiger partial charge in [-0.25, -0.2) is 0 Å². The molecule has 0 fully saturated rings. The molecule has 0 heterocycles. The minimum atomic E-state index is -2.47. The average Bonchev–Trinajstić information content (AvgIpc) is 2.76. The smallest absolute Gasteiger partial charge is 0.306 e. The molecule has 0 aliphatic heterocycles. The maximum Gasteiger partial charge on any atom is 0.306 e. The minimum absolute atomic E-state index is 0.0162. The Morgan fingerprint density at radius 1 is 1.04 bits per heavy atom. The fourth-order valence-corrected chi connectivity index (χ4v) is 3.41. The Morgan fingerprint density at radius 3 is 2.07 bits per heavy atom. The molecule has 0 radical (unpaired) electrons. The van der Waals surface area contributed by atoms with Crippen LogP contribution in [0.2, 0.25) is 0 Å². The largest absolute Gasteiger partial charge is 0.508 e. The van der Waals surface area contributed by atoms with Crippen molar-refractivity contribution in [3.63, 3.8) is 0 Å². The quantitative estimate of drug-likeness (QED) is 0.458. The lowest BCUT2D eigenvalue weighted by molar-refractivity contribution is -0.147. The third kappa shape index (κ3) is 5.07. The first kappa shape index (κ1) is 24.0. The zero-order chi connectivity index (χ0) is 21.8. The van der Waals surface area contributed by atoms with Crippen molar-refractivity contribution in [2.24, 2.45) is 23.7 Å². The zero-order valence-electron chi connectivity index (χ0n) is 17.3. The van der Waals surface area contributed by atoms with E-state index >= 15 is 0 Å². The number of carbonyl (C=O) groups is 4. The van der Waals surface area contributed by atoms with Crippen molar-refractivity contribution in [1.29, 1.82) is 0 Å². The monoisotopic (exact) mass is 396 g/mol. The summed E-state index contributed by atoms with van der Waals surface area (Å²) >= 11 is 0. The molecule has 1 unspecified atom stereocenters. The van der Waals surface area contributed by atoms with Gasteiger partial charge in [0.25, 0.3) is 0 Å². The number of carbonyl (C=O) groups excluding carboxylic acids is 3. The number of ketones is 3. The number of rotatable bonds is 11. The Labute approximate surface area is 165 Å². The van der Waals surface area contributed by atoms with Crippen LogP contribution in [0.1, 0.15) is 66.7 Å². The molecule has 3 atom stereocenters. The second-order valence-corrected chi connectivity index (χ2v) is 8.60. The van der Waals surface area contributed by atoms with E-state index in [1.54, 1.807) is 13.8 Å². The van der Waals surface area contributed by atoms with Gasteiger partial charge < -0.3 is 15.3 Å². The van der Waals surface area contributed by atoms with E-state index in [-0.39, 0.29) is 37.5 Å². The molecule has 0 saturated heterocycles. The third-order valence-electron chi connectivity index (χ3n) is 5.22. The molecule has 0 spiro atoms. The van der Waals surface area contributed by atoms with E-state index < -0.39 is 52.1 Å². The van der Waals surface area contributed by atoms with E-state index in [0.717, 1.165) is 0 Å². The van der Waals surface area contributed by atoms with Crippen molar-refractivity contribution >= 4 is 23.3 Å². The van der Waals surface area contributed by atoms with Crippen molar-refractivity contribution in [2.75, 3.05) is 0 Å². The van der Waals surface area contributed by atoms with Crippen LogP contribution >= 0.6 is 0 Å². The van der Waals surface area contributed by atoms with Gasteiger partial charge in [-0.3, -0.25) is 19.2 Å². The number of allylic oxidation sites excluding steroid dienone is 1. The van der Waals surface area contributed by atoms with Crippen molar-refractivity contribution in [1.82, 2.24) is 0 Å². The second kappa shape index (κ2) is 9.45. The molecule has 3 N–H and O–H groups in total. The molecule has 7 nitrogen and oxygen atoms in total. The van der Waals surface area contributed by atoms with Gasteiger partial charge in [-0.2, -0.15) is 0 Å². The number of Topliss-reactive ketones (excluding diaryl/α,β-unsaturated/α-hetero) is 3. The molecule has 1 aliphatic carbocycles. The van der Waals surface area contributed by atoms with Crippen LogP contribution < -0.4 is 0 Å². The van der Waals surface area contributed by atoms with E-state index in [9.17, 15) is 29.4 Å². The number of aliphatic carboxylic acids is 1. The average molecular weight is 396 g/mol. The van der Waals surface area contributed by atoms with Gasteiger partial charge >= 0.3 is 5.97 Å². The highest BCUT2D eigenvalue weighted by Gasteiger charge is 2.58. The van der Waals surface area contributed by atoms with Crippen LogP contribution in [-0.4, -0.2) is 44.2 Å². The normalized spacial score (nSPS) is 23.6. The Hall–Kier alpha value is -2.02. The summed E-state index contributed by atoms with van der Waals surface area (Å²) in [6.45, 7) is 8.86. The maximum absolute atomic E-state index is 12.9. The molecule has 0 bridgehead atoms. The van der Waals surface area contributed by atoms with Gasteiger partial charge in [0.2, 0.25) is 0 Å². The summed E-state index contributed by atoms with van der Waals surface area (Å²) in [7, 11) is 0. The molecule has 1 rings (SSSR count). The van der Waals surface area contributed by atoms with E-state index in [2.05, 4.69) is 0 Å². The van der Waals surface area contributed by atoms with E-state index in [0.29, 0.717) is 6.42 Å². The van der Waals surface area contributed by atoms with E-state index in [4.69, 9.17) is 5.11 Å². The molecule has 158 valence electrons. The SMILES string of the molecule is CC(C)CC[C@H]1C(=O)C(C(=O)CC(C)C)=C(O)[C@]1(O)C(=O)CCC(C)C(=O)O. The van der Waals surface area contributed by atoms with Gasteiger partial charge in [0.1, 0.15) is 11.3 Å². The molecule has 0 aromatic rings. The zero-order valence-corrected chi connectivity index (χ0v) is 17.3. The van der Waals surface area contributed by atoms with Crippen molar-refractivity contribution < 1.29 is 34.5 Å². The Kier molecular flexibility index (Phi) is 8.11. The van der Waals surface area contributed by atoms with Gasteiger partial charge in [0.15, 0.2) is 23.0 Å². The number of hydrogen-bond donors (Lipinski definition) is 3. The van der Waals surface area contributed by atoms with Gasteiger partial charge in [-0.1, -0.05) is 41.0 Å². The molecule has 0 aromatic carbocycles. The summed E-state index contributed by atoms with van der Waals surface area (Å²) in [5.74, 6) is -5.97. The van der Waals surface area contributed by atoms with Gasteiger partial charge in [0, 0.05) is 12.8 Å². The molecule has 1 aliphatic rings. The topological polar surface area (TPSA) is 129 Å². The predicted octanol–water partition coefficient (Wildman–Crippen LogP) is 2.85. The lowest BCUT2D eigenvalue weighted by Crippen LogP contribution is -2.47. The van der Waals surface area contributed by atoms with Crippen LogP contribution in [0.15, 0.2) is 11.3 Å². The number of carboxylic acids is 1. The van der Waals surface area contributed by atoms with Crippen LogP contribution in [-0.2, 0) is 19.2 Å². The summed E-state index contributed by atoms with van der Waals surface area (Å²) < 4.78 is 0. The second-order valence-electron chi connectivity index (χ2n) is 8.60. The van der Waals surface area contributed by atoms with E-state index in [1.165, 1.54) is 6.92 Å². The summed E-state index contributed by atoms with van der Waals surface area (Å²) in [5.41, 5.74) is -2.95. The lowest BCUT2D eigenvalue weighted by atomic mass is 9.79. The highest BCUT2D eigenvalue weighted by molar-refractivity contribution is 6.25. The highest BCUT2D eigenvalue weighted by atomic mass is 16.4. The van der Waals surface area contributed by atoms with Gasteiger partial charge in [-0.05, 0) is 24.7 Å².